The summed E-state index contributed by atoms with van der Waals surface area (Å²) in [5.41, 5.74) is 30.6. The number of furan rings is 1. The summed E-state index contributed by atoms with van der Waals surface area (Å²) in [6, 6.07) is 3.49. The van der Waals surface area contributed by atoms with Gasteiger partial charge in [0.1, 0.15) is 52.7 Å². The maximum absolute atomic E-state index is 12.2. The van der Waals surface area contributed by atoms with Gasteiger partial charge >= 0.3 is 17.9 Å². The van der Waals surface area contributed by atoms with Crippen LogP contribution in [-0.2, 0) is 73.1 Å². The second-order valence-corrected chi connectivity index (χ2v) is 47.1. The number of ketones is 6. The number of thiol groups is 6. The number of pyridine rings is 1. The monoisotopic (exact) mass is 1960 g/mol. The van der Waals surface area contributed by atoms with Gasteiger partial charge in [-0.15, -0.1) is 5.10 Å². The van der Waals surface area contributed by atoms with E-state index in [0.29, 0.717) is 66.8 Å². The second kappa shape index (κ2) is 65.5. The number of carbonyl (C=O) groups is 12. The molecule has 17 N–H and O–H groups in total. The second-order valence-electron chi connectivity index (χ2n) is 39.5. The number of nitrogens with one attached hydrogen (secondary N) is 3. The van der Waals surface area contributed by atoms with Crippen LogP contribution in [-0.4, -0.2) is 190 Å². The Morgan fingerprint density at radius 1 is 0.496 bits per heavy atom. The normalized spacial score (nSPS) is 13.1. The Morgan fingerprint density at radius 3 is 1.10 bits per heavy atom. The molecule has 3 amide bonds. The minimum atomic E-state index is -1.18. The van der Waals surface area contributed by atoms with Gasteiger partial charge in [0.15, 0.2) is 22.5 Å². The number of aliphatic hydroxyl groups excluding tert-OH is 1. The zero-order valence-corrected chi connectivity index (χ0v) is 88.3. The maximum atomic E-state index is 12.2. The summed E-state index contributed by atoms with van der Waals surface area (Å²) in [6.07, 6.45) is 6.35. The molecule has 0 radical (unpaired) electrons. The fourth-order valence-corrected chi connectivity index (χ4v) is 11.3. The Balaban J connectivity index is -0.000000214. The van der Waals surface area contributed by atoms with Gasteiger partial charge in [0.2, 0.25) is 17.7 Å². The van der Waals surface area contributed by atoms with E-state index < -0.39 is 80.5 Å². The summed E-state index contributed by atoms with van der Waals surface area (Å²) in [5, 5.41) is 60.6. The van der Waals surface area contributed by atoms with Crippen molar-refractivity contribution in [1.29, 1.82) is 0 Å². The van der Waals surface area contributed by atoms with E-state index in [4.69, 9.17) is 65.1 Å². The molecule has 0 saturated heterocycles. The number of nitro groups is 1. The largest absolute Gasteiger partial charge is 0.480 e. The van der Waals surface area contributed by atoms with E-state index in [0.717, 1.165) is 36.6 Å². The van der Waals surface area contributed by atoms with Crippen LogP contribution in [0.3, 0.4) is 0 Å². The number of hydrogen-bond acceptors (Lipinski definition) is 30. The van der Waals surface area contributed by atoms with Crippen molar-refractivity contribution in [2.45, 2.75) is 400 Å². The average Bonchev–Trinajstić information content (AvgIpc) is 1.82. The minimum Gasteiger partial charge on any atom is -0.480 e. The molecule has 0 aliphatic heterocycles. The zero-order chi connectivity index (χ0) is 103. The number of aliphatic carboxylic acids is 3. The summed E-state index contributed by atoms with van der Waals surface area (Å²) in [4.78, 5) is 148. The van der Waals surface area contributed by atoms with Crippen molar-refractivity contribution in [1.82, 2.24) is 31.1 Å². The van der Waals surface area contributed by atoms with Crippen LogP contribution in [0.25, 0.3) is 0 Å². The van der Waals surface area contributed by atoms with Gasteiger partial charge < -0.3 is 79.1 Å². The van der Waals surface area contributed by atoms with E-state index in [2.05, 4.69) is 196 Å². The lowest BCUT2D eigenvalue weighted by atomic mass is 9.87. The van der Waals surface area contributed by atoms with E-state index in [1.54, 1.807) is 26.0 Å². The van der Waals surface area contributed by atoms with E-state index in [1.165, 1.54) is 52.4 Å². The van der Waals surface area contributed by atoms with E-state index in [1.807, 2.05) is 89.2 Å². The summed E-state index contributed by atoms with van der Waals surface area (Å²) < 4.78 is 3.17. The maximum Gasteiger partial charge on any atom is 0.320 e. The van der Waals surface area contributed by atoms with Crippen molar-refractivity contribution in [3.8, 4) is 0 Å². The number of carboxylic acid groups (broad SMARTS) is 3. The molecule has 3 aromatic rings. The first kappa shape index (κ1) is 138. The van der Waals surface area contributed by atoms with Crippen molar-refractivity contribution in [3.63, 3.8) is 0 Å². The number of nitrogens with zero attached hydrogens (tertiary/aromatic N) is 4. The van der Waals surface area contributed by atoms with E-state index in [-0.39, 0.29) is 134 Å². The molecule has 129 heavy (non-hydrogen) atoms. The van der Waals surface area contributed by atoms with Crippen LogP contribution in [0.5, 0.6) is 0 Å². The molecule has 0 saturated carbocycles. The SMILES string of the molecule is C.CC(=O)C(CC(C)(C)S)NC(=O)CCC(N)C(=O)O.CC(=O)CCC(=O)C(CC(C)(C)S)NC(=O)CCC(N)C(=O)O.CC(=O)CCC(=O)C(N)CC(C)(C)S.CC(=O)N[C@@H](CC(C)(C)S)C(C)=O.CC(C)(C)CCN.CC(C)(C)CCO.CC(C)(C)c1ccc(Cl)nn1.CC(C)(S)C[C@H](N)C(=O)O.CC(C)(S)c1ncccc1[N+](=O)[O-].Cc1cc(C(C)(C)C)c(C)o1. The first-order chi connectivity index (χ1) is 57.2. The lowest BCUT2D eigenvalue weighted by molar-refractivity contribution is -0.386. The highest BCUT2D eigenvalue weighted by Crippen LogP contribution is 2.33. The fraction of sp³-hybridized carbons (Fsp3) is 0.725. The predicted octanol–water partition coefficient (Wildman–Crippen LogP) is 15.3. The highest BCUT2D eigenvalue weighted by Gasteiger charge is 2.31. The Hall–Kier alpha value is -6.10. The first-order valence-electron chi connectivity index (χ1n) is 42.1. The van der Waals surface area contributed by atoms with Crippen LogP contribution in [0.2, 0.25) is 5.15 Å². The molecular weight excluding hydrogens is 1790 g/mol. The van der Waals surface area contributed by atoms with Crippen molar-refractivity contribution in [2.24, 2.45) is 39.5 Å². The number of rotatable bonds is 36. The van der Waals surface area contributed by atoms with E-state index >= 15 is 0 Å². The smallest absolute Gasteiger partial charge is 0.320 e. The van der Waals surface area contributed by atoms with Crippen LogP contribution in [0.15, 0.2) is 40.9 Å². The number of carboxylic acids is 3. The van der Waals surface area contributed by atoms with Crippen LogP contribution in [0, 0.1) is 34.8 Å². The highest BCUT2D eigenvalue weighted by molar-refractivity contribution is 7.82. The van der Waals surface area contributed by atoms with Crippen molar-refractivity contribution in [3.05, 3.63) is 80.3 Å². The standard InChI is InChI=1S/C15H26N2O5S.C12H22N2O4S.C10H19NO2S.C10H16O.C9H17NO2S.C8H11ClN2.C8H10N2O2S.C6H13NO2S.C6H15N.C6H14O.CH4/c1-9(18)4-6-12(19)11(8-15(2,3)23)17-13(20)7-5-10(16)14(21)22;1-7(15)9(6-12(2,3)19)14-10(16)5-4-8(13)11(17)18;1-7(12)4-5-9(13)8(11)6-10(2,3)14;1-7-6-9(8(2)11-7)10(3,4)5;1-6(11)8(10-7(2)12)5-9(3,4)13;1-8(2,3)6-4-5-7(9)11-10-6;1-8(2,13)7-6(10(11)12)4-3-5-9-7;1-6(2,10)3-4(7)5(8)9;2*1-6(2,3)4-5-7;/h10-11,23H,4-8,16H2,1-3H3,(H,17,20)(H,21,22);8-9,19H,4-6,13H2,1-3H3,(H,14,16)(H,17,18);8,14H,4-6,11H2,1-3H3;6H,1-5H3;8,13H,5H2,1-4H3,(H,10,12);4-5H,1-3H3;3-5,13H,1-2H3;4,10H,3,7H2,1-2H3,(H,8,9);4-5,7H2,1-3H3;7H,4-5H2,1-3H3;1H4/t;;;;8-;;;4-;;;/m....0..0.../s1. The Bertz CT molecular complexity index is 3830. The topological polar surface area (TPSA) is 547 Å². The molecule has 748 valence electrons. The third-order valence-corrected chi connectivity index (χ3v) is 18.0. The average molecular weight is 1960 g/mol. The Kier molecular flexibility index (Phi) is 70.3. The molecule has 0 aliphatic rings. The van der Waals surface area contributed by atoms with Crippen LogP contribution < -0.4 is 44.6 Å². The van der Waals surface area contributed by atoms with Crippen molar-refractivity contribution < 1.29 is 87.3 Å². The van der Waals surface area contributed by atoms with Crippen LogP contribution in [0.4, 0.5) is 5.69 Å². The van der Waals surface area contributed by atoms with Gasteiger partial charge in [-0.05, 0) is 166 Å². The number of aromatic nitrogens is 3. The molecule has 5 unspecified atom stereocenters. The third kappa shape index (κ3) is 87.0. The Morgan fingerprint density at radius 2 is 0.860 bits per heavy atom. The molecule has 0 aliphatic carbocycles. The summed E-state index contributed by atoms with van der Waals surface area (Å²) >= 11 is 31.3. The number of carbonyl (C=O) groups excluding carboxylic acids is 9. The van der Waals surface area contributed by atoms with Crippen LogP contribution >= 0.6 is 87.4 Å². The molecule has 3 rings (SSSR count). The van der Waals surface area contributed by atoms with Crippen LogP contribution in [0.1, 0.15) is 333 Å². The van der Waals surface area contributed by atoms with Gasteiger partial charge in [-0.2, -0.15) is 80.9 Å². The molecule has 0 fully saturated rings. The Labute approximate surface area is 809 Å². The lowest BCUT2D eigenvalue weighted by Gasteiger charge is -2.25. The minimum absolute atomic E-state index is 0. The van der Waals surface area contributed by atoms with Gasteiger partial charge in [0.25, 0.3) is 5.69 Å². The van der Waals surface area contributed by atoms with Gasteiger partial charge in [-0.1, -0.05) is 171 Å². The molecular formula is C91H167ClN12O19S6. The molecule has 0 spiro atoms. The van der Waals surface area contributed by atoms with Crippen molar-refractivity contribution in [2.75, 3.05) is 13.2 Å². The number of Topliss-reactive ketones (excluding diaryl/α,β-unsaturated/α-hetero) is 6. The molecule has 3 aromatic heterocycles. The number of nitrogens with two attached hydrogens (primary N) is 5. The number of aliphatic hydroxyl groups is 1. The lowest BCUT2D eigenvalue weighted by Crippen LogP contribution is -2.44. The molecule has 31 nitrogen and oxygen atoms in total. The molecule has 7 atom stereocenters. The molecule has 38 heteroatoms. The number of aryl methyl sites for hydroxylation is 2. The molecule has 3 heterocycles. The number of hydrogen-bond donors (Lipinski definition) is 18. The number of amides is 3. The molecule has 0 bridgehead atoms. The number of halogens is 1. The van der Waals surface area contributed by atoms with Crippen molar-refractivity contribution >= 4 is 163 Å². The van der Waals surface area contributed by atoms with Gasteiger partial charge in [-0.3, -0.25) is 63.0 Å². The van der Waals surface area contributed by atoms with Gasteiger partial charge in [0.05, 0.1) is 39.5 Å². The fourth-order valence-electron chi connectivity index (χ4n) is 10.0. The highest BCUT2D eigenvalue weighted by atomic mass is 35.5. The van der Waals surface area contributed by atoms with E-state index in [9.17, 15) is 67.6 Å². The quantitative estimate of drug-likeness (QED) is 0.0146. The van der Waals surface area contributed by atoms with Gasteiger partial charge in [0, 0.05) is 93.5 Å². The zero-order valence-electron chi connectivity index (χ0n) is 82.2. The summed E-state index contributed by atoms with van der Waals surface area (Å²) in [7, 11) is 0. The predicted molar refractivity (Wildman–Crippen MR) is 541 cm³/mol. The van der Waals surface area contributed by atoms with Gasteiger partial charge in [-0.25, -0.2) is 0 Å². The third-order valence-electron chi connectivity index (χ3n) is 16.7. The summed E-state index contributed by atoms with van der Waals surface area (Å²) in [6.45, 7) is 60.2. The molecule has 0 aromatic carbocycles. The first-order valence-corrected chi connectivity index (χ1v) is 45.2. The summed E-state index contributed by atoms with van der Waals surface area (Å²) in [5.74, 6) is -2.79.